The van der Waals surface area contributed by atoms with Gasteiger partial charge in [0.05, 0.1) is 6.04 Å². The summed E-state index contributed by atoms with van der Waals surface area (Å²) < 4.78 is 13.9. The molecule has 18 heavy (non-hydrogen) atoms. The number of hydrogen-bond donors (Lipinski definition) is 2. The van der Waals surface area contributed by atoms with Gasteiger partial charge in [-0.1, -0.05) is 37.5 Å². The molecule has 0 heterocycles. The van der Waals surface area contributed by atoms with Crippen molar-refractivity contribution in [1.82, 2.24) is 5.43 Å². The molecule has 1 aromatic rings. The summed E-state index contributed by atoms with van der Waals surface area (Å²) in [5, 5.41) is 0. The molecule has 1 fully saturated rings. The number of halogens is 1. The second kappa shape index (κ2) is 5.81. The van der Waals surface area contributed by atoms with Crippen LogP contribution in [0.3, 0.4) is 0 Å². The highest BCUT2D eigenvalue weighted by atomic mass is 19.1. The summed E-state index contributed by atoms with van der Waals surface area (Å²) >= 11 is 0. The second-order valence-electron chi connectivity index (χ2n) is 5.52. The lowest BCUT2D eigenvalue weighted by Gasteiger charge is -2.24. The summed E-state index contributed by atoms with van der Waals surface area (Å²) in [6.07, 6.45) is 4.75. The third-order valence-corrected chi connectivity index (χ3v) is 4.30. The van der Waals surface area contributed by atoms with Crippen LogP contribution in [0.1, 0.15) is 49.8 Å². The summed E-state index contributed by atoms with van der Waals surface area (Å²) in [5.41, 5.74) is 4.63. The van der Waals surface area contributed by atoms with Gasteiger partial charge in [-0.3, -0.25) is 11.3 Å². The normalized spacial score (nSPS) is 25.3. The van der Waals surface area contributed by atoms with Crippen LogP contribution in [-0.2, 0) is 0 Å². The molecule has 0 radical (unpaired) electrons. The average molecular weight is 250 g/mol. The Kier molecular flexibility index (Phi) is 4.36. The van der Waals surface area contributed by atoms with E-state index in [0.29, 0.717) is 5.92 Å². The van der Waals surface area contributed by atoms with Crippen LogP contribution in [0.15, 0.2) is 18.2 Å². The number of benzene rings is 1. The van der Waals surface area contributed by atoms with E-state index in [0.717, 1.165) is 29.9 Å². The predicted molar refractivity (Wildman–Crippen MR) is 72.3 cm³/mol. The third kappa shape index (κ3) is 2.73. The fraction of sp³-hybridized carbons (Fsp3) is 0.600. The van der Waals surface area contributed by atoms with Gasteiger partial charge in [0, 0.05) is 5.56 Å². The first kappa shape index (κ1) is 13.5. The Morgan fingerprint density at radius 3 is 2.83 bits per heavy atom. The van der Waals surface area contributed by atoms with Crippen molar-refractivity contribution in [1.29, 1.82) is 0 Å². The summed E-state index contributed by atoms with van der Waals surface area (Å²) in [6, 6.07) is 5.21. The van der Waals surface area contributed by atoms with Crippen molar-refractivity contribution in [2.24, 2.45) is 17.7 Å². The Bertz CT molecular complexity index is 405. The van der Waals surface area contributed by atoms with Crippen molar-refractivity contribution in [2.75, 3.05) is 0 Å². The molecule has 3 heteroatoms. The van der Waals surface area contributed by atoms with Crippen molar-refractivity contribution in [2.45, 2.75) is 45.6 Å². The summed E-state index contributed by atoms with van der Waals surface area (Å²) in [4.78, 5) is 0. The smallest absolute Gasteiger partial charge is 0.128 e. The lowest BCUT2D eigenvalue weighted by Crippen LogP contribution is -2.33. The zero-order valence-corrected chi connectivity index (χ0v) is 11.2. The van der Waals surface area contributed by atoms with Crippen LogP contribution in [0.25, 0.3) is 0 Å². The van der Waals surface area contributed by atoms with Crippen LogP contribution in [0.4, 0.5) is 4.39 Å². The topological polar surface area (TPSA) is 38.0 Å². The van der Waals surface area contributed by atoms with Crippen LogP contribution < -0.4 is 11.3 Å². The number of aryl methyl sites for hydroxylation is 1. The second-order valence-corrected chi connectivity index (χ2v) is 5.52. The maximum atomic E-state index is 13.9. The van der Waals surface area contributed by atoms with Gasteiger partial charge in [-0.25, -0.2) is 4.39 Å². The Balaban J connectivity index is 2.20. The number of rotatable bonds is 4. The minimum absolute atomic E-state index is 0.0542. The molecule has 3 N–H and O–H groups in total. The van der Waals surface area contributed by atoms with Crippen LogP contribution in [0.5, 0.6) is 0 Å². The largest absolute Gasteiger partial charge is 0.271 e. The molecule has 1 saturated carbocycles. The van der Waals surface area contributed by atoms with Gasteiger partial charge in [0.1, 0.15) is 5.82 Å². The highest BCUT2D eigenvalue weighted by Gasteiger charge is 2.31. The van der Waals surface area contributed by atoms with Gasteiger partial charge >= 0.3 is 0 Å². The fourth-order valence-corrected chi connectivity index (χ4v) is 3.17. The molecular formula is C15H23FN2. The molecular weight excluding hydrogens is 227 g/mol. The maximum absolute atomic E-state index is 13.9. The zero-order chi connectivity index (χ0) is 13.1. The lowest BCUT2D eigenvalue weighted by molar-refractivity contribution is 0.348. The summed E-state index contributed by atoms with van der Waals surface area (Å²) in [5.74, 6) is 6.76. The number of nitrogens with two attached hydrogens (primary N) is 1. The van der Waals surface area contributed by atoms with E-state index in [1.54, 1.807) is 12.1 Å². The van der Waals surface area contributed by atoms with Crippen molar-refractivity contribution in [3.05, 3.63) is 35.1 Å². The molecule has 1 aromatic carbocycles. The van der Waals surface area contributed by atoms with Crippen LogP contribution in [0, 0.1) is 24.6 Å². The molecule has 1 aliphatic rings. The molecule has 0 amide bonds. The van der Waals surface area contributed by atoms with Crippen LogP contribution in [-0.4, -0.2) is 0 Å². The molecule has 0 aliphatic heterocycles. The van der Waals surface area contributed by atoms with Crippen LogP contribution >= 0.6 is 0 Å². The summed E-state index contributed by atoms with van der Waals surface area (Å²) in [6.45, 7) is 4.21. The minimum atomic E-state index is -0.150. The predicted octanol–water partition coefficient (Wildman–Crippen LogP) is 3.46. The molecule has 3 unspecified atom stereocenters. The van der Waals surface area contributed by atoms with Crippen molar-refractivity contribution >= 4 is 0 Å². The Morgan fingerprint density at radius 1 is 1.44 bits per heavy atom. The third-order valence-electron chi connectivity index (χ3n) is 4.30. The Morgan fingerprint density at radius 2 is 2.22 bits per heavy atom. The van der Waals surface area contributed by atoms with Crippen LogP contribution in [0.2, 0.25) is 0 Å². The molecule has 1 aliphatic carbocycles. The van der Waals surface area contributed by atoms with Crippen molar-refractivity contribution in [3.63, 3.8) is 0 Å². The van der Waals surface area contributed by atoms with E-state index in [1.807, 2.05) is 13.0 Å². The molecule has 0 bridgehead atoms. The number of nitrogens with one attached hydrogen (secondary N) is 1. The van der Waals surface area contributed by atoms with E-state index in [2.05, 4.69) is 12.3 Å². The van der Waals surface area contributed by atoms with Gasteiger partial charge in [0.2, 0.25) is 0 Å². The van der Waals surface area contributed by atoms with E-state index in [1.165, 1.54) is 12.8 Å². The van der Waals surface area contributed by atoms with E-state index < -0.39 is 0 Å². The van der Waals surface area contributed by atoms with E-state index >= 15 is 0 Å². The first-order valence-corrected chi connectivity index (χ1v) is 6.87. The number of hydrazine groups is 1. The Labute approximate surface area is 109 Å². The molecule has 3 atom stereocenters. The monoisotopic (exact) mass is 250 g/mol. The minimum Gasteiger partial charge on any atom is -0.271 e. The summed E-state index contributed by atoms with van der Waals surface area (Å²) in [7, 11) is 0. The molecule has 100 valence electrons. The fourth-order valence-electron chi connectivity index (χ4n) is 3.17. The number of hydrogen-bond acceptors (Lipinski definition) is 2. The molecule has 0 spiro atoms. The Hall–Kier alpha value is -0.930. The molecule has 0 saturated heterocycles. The van der Waals surface area contributed by atoms with Gasteiger partial charge in [-0.15, -0.1) is 0 Å². The van der Waals surface area contributed by atoms with E-state index in [-0.39, 0.29) is 11.9 Å². The maximum Gasteiger partial charge on any atom is 0.128 e. The van der Waals surface area contributed by atoms with E-state index in [4.69, 9.17) is 5.84 Å². The van der Waals surface area contributed by atoms with Gasteiger partial charge in [0.25, 0.3) is 0 Å². The van der Waals surface area contributed by atoms with E-state index in [9.17, 15) is 4.39 Å². The SMILES string of the molecule is CCC1CCC(C(NN)c2cc(C)ccc2F)C1. The average Bonchev–Trinajstić information content (AvgIpc) is 2.83. The van der Waals surface area contributed by atoms with Gasteiger partial charge in [-0.2, -0.15) is 0 Å². The highest BCUT2D eigenvalue weighted by Crippen LogP contribution is 2.40. The van der Waals surface area contributed by atoms with Gasteiger partial charge < -0.3 is 0 Å². The standard InChI is InChI=1S/C15H23FN2/c1-3-11-5-6-12(9-11)15(18-17)13-8-10(2)4-7-14(13)16/h4,7-8,11-12,15,18H,3,5-6,9,17H2,1-2H3. The highest BCUT2D eigenvalue weighted by molar-refractivity contribution is 5.27. The molecule has 2 rings (SSSR count). The van der Waals surface area contributed by atoms with Crippen molar-refractivity contribution < 1.29 is 4.39 Å². The molecule has 0 aromatic heterocycles. The zero-order valence-electron chi connectivity index (χ0n) is 11.2. The van der Waals surface area contributed by atoms with Gasteiger partial charge in [0.15, 0.2) is 0 Å². The quantitative estimate of drug-likeness (QED) is 0.634. The van der Waals surface area contributed by atoms with Gasteiger partial charge in [-0.05, 0) is 37.7 Å². The first-order chi connectivity index (χ1) is 8.65. The first-order valence-electron chi connectivity index (χ1n) is 6.87. The van der Waals surface area contributed by atoms with Crippen molar-refractivity contribution in [3.8, 4) is 0 Å². The lowest BCUT2D eigenvalue weighted by atomic mass is 9.90. The molecule has 2 nitrogen and oxygen atoms in total.